The highest BCUT2D eigenvalue weighted by Gasteiger charge is 2.32. The third-order valence-electron chi connectivity index (χ3n) is 10.5. The molecule has 0 aliphatic carbocycles. The number of carbonyl (C=O) groups is 1. The lowest BCUT2D eigenvalue weighted by molar-refractivity contribution is -0.129. The van der Waals surface area contributed by atoms with E-state index < -0.39 is 0 Å². The Labute approximate surface area is 297 Å². The van der Waals surface area contributed by atoms with Crippen molar-refractivity contribution in [3.05, 3.63) is 91.9 Å². The Bertz CT molecular complexity index is 1870. The molecule has 2 aromatic carbocycles. The van der Waals surface area contributed by atoms with Gasteiger partial charge in [0, 0.05) is 69.7 Å². The van der Waals surface area contributed by atoms with Gasteiger partial charge in [0.1, 0.15) is 23.1 Å². The summed E-state index contributed by atoms with van der Waals surface area (Å²) in [6.45, 7) is 19.1. The van der Waals surface area contributed by atoms with E-state index in [1.165, 1.54) is 16.7 Å². The molecule has 1 fully saturated rings. The number of ether oxygens (including phenoxy) is 2. The minimum absolute atomic E-state index is 0.00902. The Hall–Kier alpha value is -4.39. The fourth-order valence-corrected chi connectivity index (χ4v) is 7.55. The zero-order valence-corrected chi connectivity index (χ0v) is 31.5. The molecule has 9 nitrogen and oxygen atoms in total. The normalized spacial score (nSPS) is 18.8. The van der Waals surface area contributed by atoms with E-state index in [-0.39, 0.29) is 28.5 Å². The van der Waals surface area contributed by atoms with Crippen LogP contribution in [0.25, 0.3) is 11.1 Å². The number of methoxy groups -OCH3 is 2. The van der Waals surface area contributed by atoms with Crippen molar-refractivity contribution in [3.8, 4) is 28.7 Å². The summed E-state index contributed by atoms with van der Waals surface area (Å²) >= 11 is 0. The number of nitrogens with zero attached hydrogens (tertiary/aromatic N) is 5. The van der Waals surface area contributed by atoms with Crippen LogP contribution < -0.4 is 15.0 Å². The minimum atomic E-state index is -0.252. The quantitative estimate of drug-likeness (QED) is 0.203. The van der Waals surface area contributed by atoms with E-state index in [4.69, 9.17) is 9.47 Å². The minimum Gasteiger partial charge on any atom is -0.496 e. The summed E-state index contributed by atoms with van der Waals surface area (Å²) in [6.07, 6.45) is 4.45. The number of hydrogen-bond acceptors (Lipinski definition) is 7. The number of pyridine rings is 1. The summed E-state index contributed by atoms with van der Waals surface area (Å²) in [4.78, 5) is 32.8. The van der Waals surface area contributed by atoms with E-state index in [1.807, 2.05) is 45.7 Å². The molecule has 0 radical (unpaired) electrons. The fourth-order valence-electron chi connectivity index (χ4n) is 7.55. The fraction of sp³-hybridized carbons (Fsp3) is 0.488. The van der Waals surface area contributed by atoms with Crippen molar-refractivity contribution in [2.75, 3.05) is 40.4 Å². The molecule has 50 heavy (non-hydrogen) atoms. The lowest BCUT2D eigenvalue weighted by Crippen LogP contribution is -2.51. The molecule has 3 aromatic rings. The topological polar surface area (TPSA) is 91.0 Å². The first kappa shape index (κ1) is 36.9. The molecular formula is C41H53N5O4. The zero-order valence-electron chi connectivity index (χ0n) is 31.5. The van der Waals surface area contributed by atoms with Gasteiger partial charge in [-0.2, -0.15) is 5.26 Å². The Balaban J connectivity index is 1.30. The number of rotatable bonds is 8. The molecule has 2 atom stereocenters. The summed E-state index contributed by atoms with van der Waals surface area (Å²) in [5.41, 5.74) is 8.44. The van der Waals surface area contributed by atoms with Gasteiger partial charge in [-0.15, -0.1) is 0 Å². The van der Waals surface area contributed by atoms with Gasteiger partial charge in [-0.25, -0.2) is 0 Å². The number of benzene rings is 2. The molecule has 2 aliphatic rings. The maximum Gasteiger partial charge on any atom is 0.264 e. The lowest BCUT2D eigenvalue weighted by atomic mass is 9.88. The van der Waals surface area contributed by atoms with Gasteiger partial charge in [0.25, 0.3) is 11.5 Å². The lowest BCUT2D eigenvalue weighted by Gasteiger charge is -2.41. The number of piperazine rings is 1. The van der Waals surface area contributed by atoms with Crippen LogP contribution in [0.15, 0.2) is 53.0 Å². The van der Waals surface area contributed by atoms with Crippen LogP contribution in [0.3, 0.4) is 0 Å². The average molecular weight is 680 g/mol. The largest absolute Gasteiger partial charge is 0.496 e. The molecule has 0 saturated carbocycles. The Morgan fingerprint density at radius 3 is 2.30 bits per heavy atom. The second-order valence-corrected chi connectivity index (χ2v) is 15.1. The van der Waals surface area contributed by atoms with Crippen LogP contribution in [0.2, 0.25) is 0 Å². The maximum absolute atomic E-state index is 13.4. The number of hydrogen-bond donors (Lipinski definition) is 0. The van der Waals surface area contributed by atoms with E-state index in [1.54, 1.807) is 31.9 Å². The van der Waals surface area contributed by atoms with Crippen molar-refractivity contribution in [1.82, 2.24) is 19.3 Å². The highest BCUT2D eigenvalue weighted by Crippen LogP contribution is 2.38. The summed E-state index contributed by atoms with van der Waals surface area (Å²) in [6, 6.07) is 13.0. The predicted molar refractivity (Wildman–Crippen MR) is 198 cm³/mol. The van der Waals surface area contributed by atoms with Crippen molar-refractivity contribution in [2.45, 2.75) is 80.1 Å². The number of allylic oxidation sites excluding steroid dienone is 1. The van der Waals surface area contributed by atoms with E-state index in [0.29, 0.717) is 19.1 Å². The zero-order chi connectivity index (χ0) is 36.5. The average Bonchev–Trinajstić information content (AvgIpc) is 3.08. The van der Waals surface area contributed by atoms with Gasteiger partial charge >= 0.3 is 0 Å². The summed E-state index contributed by atoms with van der Waals surface area (Å²) < 4.78 is 13.5. The van der Waals surface area contributed by atoms with Gasteiger partial charge in [0.2, 0.25) is 0 Å². The Morgan fingerprint density at radius 2 is 1.70 bits per heavy atom. The number of carbonyl (C=O) groups excluding carboxylic acids is 1. The van der Waals surface area contributed by atoms with Crippen molar-refractivity contribution >= 4 is 5.91 Å². The summed E-state index contributed by atoms with van der Waals surface area (Å²) in [5.74, 6) is 1.36. The first-order valence-electron chi connectivity index (χ1n) is 17.6. The third kappa shape index (κ3) is 7.52. The van der Waals surface area contributed by atoms with E-state index >= 15 is 0 Å². The molecule has 0 N–H and O–H groups in total. The molecular weight excluding hydrogens is 626 g/mol. The number of nitriles is 1. The van der Waals surface area contributed by atoms with Gasteiger partial charge in [-0.3, -0.25) is 19.4 Å². The van der Waals surface area contributed by atoms with E-state index in [2.05, 4.69) is 60.0 Å². The molecule has 266 valence electrons. The van der Waals surface area contributed by atoms with Gasteiger partial charge in [0.15, 0.2) is 0 Å². The first-order valence-corrected chi connectivity index (χ1v) is 17.6. The number of aryl methyl sites for hydroxylation is 1. The van der Waals surface area contributed by atoms with Crippen LogP contribution in [0.5, 0.6) is 11.5 Å². The van der Waals surface area contributed by atoms with Crippen LogP contribution in [-0.4, -0.2) is 71.6 Å². The van der Waals surface area contributed by atoms with Gasteiger partial charge in [-0.1, -0.05) is 45.0 Å². The maximum atomic E-state index is 13.4. The molecule has 1 aromatic heterocycles. The number of aromatic nitrogens is 1. The van der Waals surface area contributed by atoms with E-state index in [0.717, 1.165) is 71.9 Å². The molecule has 2 aliphatic heterocycles. The standard InChI is InChI=1S/C41H53N5O4/c1-26-22-44(25-36-37(49-9)18-31(19-38(36)50-10)35-24-43(8)39(47)28(3)27(35)2)16-17-45(26)23-30-12-11-13-33-29(4)46(15-14-34(30)33)40(48)32(21-42)20-41(5,6)7/h11-13,18-20,24,26,29H,14-17,22-23,25H2,1-10H3/b32-20+/t26-,29+/m0/s1. The van der Waals surface area contributed by atoms with Crippen LogP contribution in [-0.2, 0) is 31.4 Å². The molecule has 1 amide bonds. The van der Waals surface area contributed by atoms with Crippen molar-refractivity contribution in [1.29, 1.82) is 5.26 Å². The van der Waals surface area contributed by atoms with Crippen molar-refractivity contribution in [2.24, 2.45) is 12.5 Å². The number of fused-ring (bicyclic) bond motifs is 1. The van der Waals surface area contributed by atoms with E-state index in [9.17, 15) is 14.9 Å². The van der Waals surface area contributed by atoms with Crippen LogP contribution >= 0.6 is 0 Å². The van der Waals surface area contributed by atoms with Gasteiger partial charge < -0.3 is 18.9 Å². The molecule has 9 heteroatoms. The summed E-state index contributed by atoms with van der Waals surface area (Å²) in [5, 5.41) is 9.77. The Morgan fingerprint density at radius 1 is 1.02 bits per heavy atom. The van der Waals surface area contributed by atoms with Crippen molar-refractivity contribution < 1.29 is 14.3 Å². The molecule has 0 spiro atoms. The highest BCUT2D eigenvalue weighted by atomic mass is 16.5. The Kier molecular flexibility index (Phi) is 10.9. The molecule has 3 heterocycles. The van der Waals surface area contributed by atoms with Crippen LogP contribution in [0, 0.1) is 30.6 Å². The predicted octanol–water partition coefficient (Wildman–Crippen LogP) is 6.33. The first-order chi connectivity index (χ1) is 23.7. The highest BCUT2D eigenvalue weighted by molar-refractivity contribution is 5.97. The van der Waals surface area contributed by atoms with Gasteiger partial charge in [-0.05, 0) is 79.5 Å². The van der Waals surface area contributed by atoms with Gasteiger partial charge in [0.05, 0.1) is 25.8 Å². The van der Waals surface area contributed by atoms with Crippen LogP contribution in [0.1, 0.15) is 74.0 Å². The molecule has 0 bridgehead atoms. The second-order valence-electron chi connectivity index (χ2n) is 15.1. The molecule has 0 unspecified atom stereocenters. The van der Waals surface area contributed by atoms with Crippen molar-refractivity contribution in [3.63, 3.8) is 0 Å². The smallest absolute Gasteiger partial charge is 0.264 e. The summed E-state index contributed by atoms with van der Waals surface area (Å²) in [7, 11) is 5.18. The third-order valence-corrected chi connectivity index (χ3v) is 10.5. The monoisotopic (exact) mass is 679 g/mol. The van der Waals surface area contributed by atoms with Crippen LogP contribution in [0.4, 0.5) is 0 Å². The number of amides is 1. The molecule has 1 saturated heterocycles. The SMILES string of the molecule is COc1cc(-c2cn(C)c(=O)c(C)c2C)cc(OC)c1CN1CCN(Cc2cccc3c2CCN(C(=O)/C(C#N)=C/C(C)(C)C)[C@@H]3C)[C@@H](C)C1. The molecule has 5 rings (SSSR count). The second kappa shape index (κ2) is 14.8.